The lowest BCUT2D eigenvalue weighted by molar-refractivity contribution is 0.581. The molecule has 0 radical (unpaired) electrons. The van der Waals surface area contributed by atoms with Gasteiger partial charge in [-0.25, -0.2) is 8.78 Å². The Balaban J connectivity index is 2.54. The number of thiocarbonyl (C=S) groups is 1. The van der Waals surface area contributed by atoms with Gasteiger partial charge in [0.2, 0.25) is 0 Å². The molecule has 0 spiro atoms. The highest BCUT2D eigenvalue weighted by molar-refractivity contribution is 9.10. The van der Waals surface area contributed by atoms with Crippen molar-refractivity contribution in [1.29, 1.82) is 0 Å². The van der Waals surface area contributed by atoms with Crippen LogP contribution in [-0.2, 0) is 0 Å². The van der Waals surface area contributed by atoms with Gasteiger partial charge in [0.15, 0.2) is 0 Å². The lowest BCUT2D eigenvalue weighted by atomic mass is 10.1. The van der Waals surface area contributed by atoms with E-state index in [0.717, 1.165) is 11.8 Å². The van der Waals surface area contributed by atoms with Crippen LogP contribution in [0.3, 0.4) is 0 Å². The Labute approximate surface area is 134 Å². The van der Waals surface area contributed by atoms with Crippen molar-refractivity contribution in [3.05, 3.63) is 51.3 Å². The van der Waals surface area contributed by atoms with E-state index < -0.39 is 11.6 Å². The summed E-state index contributed by atoms with van der Waals surface area (Å²) in [7, 11) is 0. The van der Waals surface area contributed by atoms with E-state index in [1.807, 2.05) is 0 Å². The van der Waals surface area contributed by atoms with Gasteiger partial charge in [-0.2, -0.15) is 0 Å². The maximum absolute atomic E-state index is 13.8. The highest BCUT2D eigenvalue weighted by atomic mass is 79.9. The molecule has 2 rings (SSSR count). The number of rotatable bonds is 3. The van der Waals surface area contributed by atoms with E-state index in [2.05, 4.69) is 26.2 Å². The predicted octanol–water partition coefficient (Wildman–Crippen LogP) is 4.12. The SMILES string of the molecule is Cc1cc(Nc2cc(Br)c(F)cc2F)c(C(N)=S)c(C)n1. The van der Waals surface area contributed by atoms with Crippen molar-refractivity contribution < 1.29 is 8.78 Å². The van der Waals surface area contributed by atoms with Gasteiger partial charge in [0.25, 0.3) is 0 Å². The number of nitrogens with one attached hydrogen (secondary N) is 1. The first-order valence-electron chi connectivity index (χ1n) is 5.99. The quantitative estimate of drug-likeness (QED) is 0.629. The summed E-state index contributed by atoms with van der Waals surface area (Å²) in [6.07, 6.45) is 0. The standard InChI is InChI=1S/C14H12BrF2N3S/c1-6-3-12(13(14(18)21)7(2)19-6)20-11-4-8(15)9(16)5-10(11)17/h3-5H,1-2H3,(H2,18,21)(H,19,20). The van der Waals surface area contributed by atoms with Gasteiger partial charge in [0, 0.05) is 17.5 Å². The summed E-state index contributed by atoms with van der Waals surface area (Å²) in [6, 6.07) is 3.82. The maximum Gasteiger partial charge on any atom is 0.149 e. The number of nitrogens with two attached hydrogens (primary N) is 1. The van der Waals surface area contributed by atoms with Crippen LogP contribution in [0.4, 0.5) is 20.2 Å². The fraction of sp³-hybridized carbons (Fsp3) is 0.143. The Bertz CT molecular complexity index is 735. The molecule has 21 heavy (non-hydrogen) atoms. The second-order valence-corrected chi connectivity index (χ2v) is 5.80. The Morgan fingerprint density at radius 1 is 1.19 bits per heavy atom. The van der Waals surface area contributed by atoms with Gasteiger partial charge < -0.3 is 11.1 Å². The first-order chi connectivity index (χ1) is 9.79. The molecule has 0 saturated heterocycles. The van der Waals surface area contributed by atoms with Crippen LogP contribution in [0.1, 0.15) is 17.0 Å². The zero-order chi connectivity index (χ0) is 15.7. The van der Waals surface area contributed by atoms with Crippen LogP contribution in [0.25, 0.3) is 0 Å². The van der Waals surface area contributed by atoms with Gasteiger partial charge in [0.1, 0.15) is 16.6 Å². The number of aryl methyl sites for hydroxylation is 2. The van der Waals surface area contributed by atoms with Crippen molar-refractivity contribution in [3.8, 4) is 0 Å². The van der Waals surface area contributed by atoms with Gasteiger partial charge in [-0.1, -0.05) is 12.2 Å². The number of aromatic nitrogens is 1. The highest BCUT2D eigenvalue weighted by Crippen LogP contribution is 2.29. The van der Waals surface area contributed by atoms with E-state index in [1.54, 1.807) is 19.9 Å². The van der Waals surface area contributed by atoms with Crippen LogP contribution in [0.5, 0.6) is 0 Å². The van der Waals surface area contributed by atoms with Gasteiger partial charge >= 0.3 is 0 Å². The molecule has 0 amide bonds. The minimum absolute atomic E-state index is 0.116. The highest BCUT2D eigenvalue weighted by Gasteiger charge is 2.14. The molecule has 0 atom stereocenters. The Morgan fingerprint density at radius 2 is 1.86 bits per heavy atom. The second-order valence-electron chi connectivity index (χ2n) is 4.51. The monoisotopic (exact) mass is 371 g/mol. The molecule has 0 aliphatic rings. The molecule has 0 aliphatic carbocycles. The van der Waals surface area contributed by atoms with E-state index >= 15 is 0 Å². The summed E-state index contributed by atoms with van der Waals surface area (Å²) in [5.74, 6) is -1.38. The summed E-state index contributed by atoms with van der Waals surface area (Å²) in [4.78, 5) is 4.44. The zero-order valence-corrected chi connectivity index (χ0v) is 13.7. The number of halogens is 3. The van der Waals surface area contributed by atoms with E-state index in [9.17, 15) is 8.78 Å². The number of anilines is 2. The lowest BCUT2D eigenvalue weighted by Crippen LogP contribution is -2.15. The predicted molar refractivity (Wildman–Crippen MR) is 86.9 cm³/mol. The molecule has 0 saturated carbocycles. The summed E-state index contributed by atoms with van der Waals surface area (Å²) in [6.45, 7) is 3.57. The Morgan fingerprint density at radius 3 is 2.48 bits per heavy atom. The zero-order valence-electron chi connectivity index (χ0n) is 11.3. The van der Waals surface area contributed by atoms with Crippen LogP contribution in [0.2, 0.25) is 0 Å². The molecule has 0 aliphatic heterocycles. The molecule has 110 valence electrons. The van der Waals surface area contributed by atoms with Crippen LogP contribution in [0, 0.1) is 25.5 Å². The Hall–Kier alpha value is -1.60. The molecule has 1 aromatic heterocycles. The van der Waals surface area contributed by atoms with Gasteiger partial charge in [0.05, 0.1) is 21.4 Å². The van der Waals surface area contributed by atoms with Gasteiger partial charge in [-0.15, -0.1) is 0 Å². The largest absolute Gasteiger partial charge is 0.389 e. The minimum atomic E-state index is -0.711. The van der Waals surface area contributed by atoms with Crippen molar-refractivity contribution in [2.75, 3.05) is 5.32 Å². The normalized spacial score (nSPS) is 10.5. The molecule has 0 bridgehead atoms. The fourth-order valence-electron chi connectivity index (χ4n) is 2.00. The summed E-state index contributed by atoms with van der Waals surface area (Å²) < 4.78 is 27.3. The van der Waals surface area contributed by atoms with Gasteiger partial charge in [-0.05, 0) is 41.9 Å². The third kappa shape index (κ3) is 3.36. The van der Waals surface area contributed by atoms with Crippen LogP contribution in [-0.4, -0.2) is 9.97 Å². The maximum atomic E-state index is 13.8. The van der Waals surface area contributed by atoms with Crippen LogP contribution in [0.15, 0.2) is 22.7 Å². The molecule has 2 aromatic rings. The topological polar surface area (TPSA) is 50.9 Å². The number of hydrogen-bond donors (Lipinski definition) is 2. The molecule has 3 nitrogen and oxygen atoms in total. The molecule has 1 heterocycles. The first-order valence-corrected chi connectivity index (χ1v) is 7.19. The van der Waals surface area contributed by atoms with E-state index in [0.29, 0.717) is 16.9 Å². The van der Waals surface area contributed by atoms with Crippen LogP contribution < -0.4 is 11.1 Å². The molecule has 7 heteroatoms. The molecular weight excluding hydrogens is 360 g/mol. The van der Waals surface area contributed by atoms with Crippen molar-refractivity contribution in [2.24, 2.45) is 5.73 Å². The number of nitrogens with zero attached hydrogens (tertiary/aromatic N) is 1. The van der Waals surface area contributed by atoms with E-state index in [4.69, 9.17) is 18.0 Å². The minimum Gasteiger partial charge on any atom is -0.389 e. The summed E-state index contributed by atoms with van der Waals surface area (Å²) >= 11 is 8.04. The number of pyridine rings is 1. The molecule has 0 fully saturated rings. The second kappa shape index (κ2) is 6.03. The average Bonchev–Trinajstić information content (AvgIpc) is 2.34. The summed E-state index contributed by atoms with van der Waals surface area (Å²) in [5.41, 5.74) is 8.26. The molecular formula is C14H12BrF2N3S. The molecule has 0 unspecified atom stereocenters. The van der Waals surface area contributed by atoms with E-state index in [-0.39, 0.29) is 15.1 Å². The third-order valence-electron chi connectivity index (χ3n) is 2.85. The van der Waals surface area contributed by atoms with Crippen molar-refractivity contribution in [2.45, 2.75) is 13.8 Å². The Kier molecular flexibility index (Phi) is 4.53. The number of benzene rings is 1. The van der Waals surface area contributed by atoms with Crippen LogP contribution >= 0.6 is 28.1 Å². The lowest BCUT2D eigenvalue weighted by Gasteiger charge is -2.15. The first kappa shape index (κ1) is 15.8. The van der Waals surface area contributed by atoms with Crippen molar-refractivity contribution in [1.82, 2.24) is 4.98 Å². The smallest absolute Gasteiger partial charge is 0.149 e. The van der Waals surface area contributed by atoms with Crippen molar-refractivity contribution >= 4 is 44.5 Å². The average molecular weight is 372 g/mol. The van der Waals surface area contributed by atoms with E-state index in [1.165, 1.54) is 6.07 Å². The summed E-state index contributed by atoms with van der Waals surface area (Å²) in [5, 5.41) is 2.89. The fourth-order valence-corrected chi connectivity index (χ4v) is 2.60. The third-order valence-corrected chi connectivity index (χ3v) is 3.67. The molecule has 1 aromatic carbocycles. The van der Waals surface area contributed by atoms with Crippen molar-refractivity contribution in [3.63, 3.8) is 0 Å². The molecule has 3 N–H and O–H groups in total. The number of hydrogen-bond acceptors (Lipinski definition) is 3. The van der Waals surface area contributed by atoms with Gasteiger partial charge in [-0.3, -0.25) is 4.98 Å².